The Morgan fingerprint density at radius 2 is 2.56 bits per heavy atom. The third-order valence-corrected chi connectivity index (χ3v) is 0.885. The number of carbonyl (C=O) groups excluding carboxylic acids is 1. The number of carbonyl (C=O) groups is 1. The highest BCUT2D eigenvalue weighted by atomic mass is 16.3. The molecule has 1 heterocycles. The van der Waals surface area contributed by atoms with Gasteiger partial charge in [-0.15, -0.1) is 0 Å². The molecule has 1 aromatic heterocycles. The van der Waals surface area contributed by atoms with Gasteiger partial charge in [0, 0.05) is 0 Å². The van der Waals surface area contributed by atoms with E-state index in [2.05, 4.69) is 4.42 Å². The van der Waals surface area contributed by atoms with Crippen molar-refractivity contribution in [2.24, 2.45) is 0 Å². The summed E-state index contributed by atoms with van der Waals surface area (Å²) in [5, 5.41) is 8.07. The van der Waals surface area contributed by atoms with E-state index in [-0.39, 0.29) is 0 Å². The van der Waals surface area contributed by atoms with Crippen LogP contribution in [0.4, 0.5) is 0 Å². The standard InChI is InChI=1S/C6H3NO2/c7-3-6(8)5-1-2-9-4-5/h1-2,4H. The molecule has 0 radical (unpaired) electrons. The fourth-order valence-electron chi connectivity index (χ4n) is 0.458. The number of hydrogen-bond acceptors (Lipinski definition) is 3. The second-order valence-corrected chi connectivity index (χ2v) is 1.45. The van der Waals surface area contributed by atoms with Crippen LogP contribution in [0.1, 0.15) is 10.4 Å². The van der Waals surface area contributed by atoms with Crippen molar-refractivity contribution in [3.8, 4) is 6.07 Å². The van der Waals surface area contributed by atoms with Gasteiger partial charge in [-0.3, -0.25) is 4.79 Å². The second-order valence-electron chi connectivity index (χ2n) is 1.45. The molecule has 1 rings (SSSR count). The molecule has 0 atom stereocenters. The van der Waals surface area contributed by atoms with Crippen molar-refractivity contribution in [1.82, 2.24) is 0 Å². The SMILES string of the molecule is N#CC(=O)c1ccoc1. The first-order valence-corrected chi connectivity index (χ1v) is 2.31. The average Bonchev–Trinajstić information content (AvgIpc) is 2.37. The number of ketones is 1. The van der Waals surface area contributed by atoms with Crippen molar-refractivity contribution in [1.29, 1.82) is 5.26 Å². The topological polar surface area (TPSA) is 54.0 Å². The van der Waals surface area contributed by atoms with Crippen LogP contribution >= 0.6 is 0 Å². The van der Waals surface area contributed by atoms with Crippen molar-refractivity contribution >= 4 is 5.78 Å². The molecule has 1 aromatic rings. The number of nitriles is 1. The Bertz CT molecular complexity index is 243. The van der Waals surface area contributed by atoms with Crippen molar-refractivity contribution in [3.63, 3.8) is 0 Å². The van der Waals surface area contributed by atoms with Crippen LogP contribution < -0.4 is 0 Å². The molecule has 0 unspecified atom stereocenters. The summed E-state index contributed by atoms with van der Waals surface area (Å²) in [7, 11) is 0. The third kappa shape index (κ3) is 0.970. The van der Waals surface area contributed by atoms with Gasteiger partial charge in [0.1, 0.15) is 12.3 Å². The van der Waals surface area contributed by atoms with E-state index >= 15 is 0 Å². The Kier molecular flexibility index (Phi) is 1.32. The van der Waals surface area contributed by atoms with E-state index in [9.17, 15) is 4.79 Å². The van der Waals surface area contributed by atoms with E-state index in [0.717, 1.165) is 0 Å². The number of nitrogens with zero attached hydrogens (tertiary/aromatic N) is 1. The number of Topliss-reactive ketones (excluding diaryl/α,β-unsaturated/α-hetero) is 1. The first-order chi connectivity index (χ1) is 4.34. The van der Waals surface area contributed by atoms with Gasteiger partial charge in [-0.2, -0.15) is 5.26 Å². The molecule has 0 bridgehead atoms. The van der Waals surface area contributed by atoms with E-state index < -0.39 is 5.78 Å². The van der Waals surface area contributed by atoms with Gasteiger partial charge in [0.05, 0.1) is 11.8 Å². The van der Waals surface area contributed by atoms with Crippen molar-refractivity contribution in [3.05, 3.63) is 24.2 Å². The van der Waals surface area contributed by atoms with Crippen molar-refractivity contribution < 1.29 is 9.21 Å². The predicted molar refractivity (Wildman–Crippen MR) is 28.7 cm³/mol. The lowest BCUT2D eigenvalue weighted by Crippen LogP contribution is -1.89. The van der Waals surface area contributed by atoms with E-state index in [1.165, 1.54) is 24.7 Å². The van der Waals surface area contributed by atoms with Crippen LogP contribution in [0.25, 0.3) is 0 Å². The van der Waals surface area contributed by atoms with Gasteiger partial charge in [0.2, 0.25) is 0 Å². The predicted octanol–water partition coefficient (Wildman–Crippen LogP) is 0.986. The van der Waals surface area contributed by atoms with Crippen molar-refractivity contribution in [2.45, 2.75) is 0 Å². The summed E-state index contributed by atoms with van der Waals surface area (Å²) in [6.07, 6.45) is 2.59. The van der Waals surface area contributed by atoms with Crippen LogP contribution in [0.3, 0.4) is 0 Å². The summed E-state index contributed by atoms with van der Waals surface area (Å²) in [6.45, 7) is 0. The maximum atomic E-state index is 10.5. The highest BCUT2D eigenvalue weighted by Gasteiger charge is 2.02. The summed E-state index contributed by atoms with van der Waals surface area (Å²) in [5.41, 5.74) is 0.303. The average molecular weight is 121 g/mol. The monoisotopic (exact) mass is 121 g/mol. The van der Waals surface area contributed by atoms with Crippen LogP contribution in [0.5, 0.6) is 0 Å². The molecule has 0 amide bonds. The maximum absolute atomic E-state index is 10.5. The smallest absolute Gasteiger partial charge is 0.265 e. The van der Waals surface area contributed by atoms with Crippen molar-refractivity contribution in [2.75, 3.05) is 0 Å². The van der Waals surface area contributed by atoms with Crippen LogP contribution in [-0.4, -0.2) is 5.78 Å². The zero-order valence-corrected chi connectivity index (χ0v) is 4.50. The molecule has 0 fully saturated rings. The van der Waals surface area contributed by atoms with Crippen LogP contribution in [0, 0.1) is 11.3 Å². The van der Waals surface area contributed by atoms with Gasteiger partial charge in [0.15, 0.2) is 0 Å². The molecule has 0 aliphatic carbocycles. The largest absolute Gasteiger partial charge is 0.472 e. The minimum atomic E-state index is -0.566. The quantitative estimate of drug-likeness (QED) is 0.411. The number of furan rings is 1. The molecule has 0 N–H and O–H groups in total. The van der Waals surface area contributed by atoms with E-state index in [4.69, 9.17) is 5.26 Å². The van der Waals surface area contributed by atoms with E-state index in [1.54, 1.807) is 0 Å². The molecule has 0 aliphatic rings. The third-order valence-electron chi connectivity index (χ3n) is 0.885. The molecule has 9 heavy (non-hydrogen) atoms. The van der Waals surface area contributed by atoms with Crippen LogP contribution in [0.2, 0.25) is 0 Å². The summed E-state index contributed by atoms with van der Waals surface area (Å²) in [6, 6.07) is 2.92. The highest BCUT2D eigenvalue weighted by Crippen LogP contribution is 1.98. The lowest BCUT2D eigenvalue weighted by molar-refractivity contribution is 0.105. The Hall–Kier alpha value is -1.56. The highest BCUT2D eigenvalue weighted by molar-refractivity contribution is 6.07. The molecule has 0 spiro atoms. The minimum absolute atomic E-state index is 0.303. The Balaban J connectivity index is 2.93. The van der Waals surface area contributed by atoms with Crippen LogP contribution in [-0.2, 0) is 0 Å². The molecule has 3 nitrogen and oxygen atoms in total. The Morgan fingerprint density at radius 3 is 3.00 bits per heavy atom. The molecule has 0 aromatic carbocycles. The first kappa shape index (κ1) is 5.57. The first-order valence-electron chi connectivity index (χ1n) is 2.31. The lowest BCUT2D eigenvalue weighted by Gasteiger charge is -1.75. The summed E-state index contributed by atoms with van der Waals surface area (Å²) in [4.78, 5) is 10.5. The van der Waals surface area contributed by atoms with E-state index in [1.807, 2.05) is 0 Å². The summed E-state index contributed by atoms with van der Waals surface area (Å²) >= 11 is 0. The van der Waals surface area contributed by atoms with Crippen LogP contribution in [0.15, 0.2) is 23.0 Å². The van der Waals surface area contributed by atoms with E-state index in [0.29, 0.717) is 5.56 Å². The molecule has 44 valence electrons. The van der Waals surface area contributed by atoms with Gasteiger partial charge in [-0.1, -0.05) is 0 Å². The van der Waals surface area contributed by atoms with Gasteiger partial charge in [-0.05, 0) is 6.07 Å². The lowest BCUT2D eigenvalue weighted by atomic mass is 10.2. The fourth-order valence-corrected chi connectivity index (χ4v) is 0.458. The maximum Gasteiger partial charge on any atom is 0.265 e. The number of rotatable bonds is 1. The normalized spacial score (nSPS) is 8.33. The zero-order valence-electron chi connectivity index (χ0n) is 4.50. The molecule has 0 saturated heterocycles. The summed E-state index contributed by atoms with van der Waals surface area (Å²) in [5.74, 6) is -0.566. The van der Waals surface area contributed by atoms with Gasteiger partial charge < -0.3 is 4.42 Å². The molecule has 3 heteroatoms. The fraction of sp³-hybridized carbons (Fsp3) is 0. The molecular weight excluding hydrogens is 118 g/mol. The summed E-state index contributed by atoms with van der Waals surface area (Å²) < 4.78 is 4.57. The molecule has 0 saturated carbocycles. The Morgan fingerprint density at radius 1 is 1.78 bits per heavy atom. The van der Waals surface area contributed by atoms with Gasteiger partial charge >= 0.3 is 0 Å². The second kappa shape index (κ2) is 2.14. The minimum Gasteiger partial charge on any atom is -0.472 e. The van der Waals surface area contributed by atoms with Gasteiger partial charge in [-0.25, -0.2) is 0 Å². The Labute approximate surface area is 51.5 Å². The number of hydrogen-bond donors (Lipinski definition) is 0. The molecule has 0 aliphatic heterocycles. The van der Waals surface area contributed by atoms with Gasteiger partial charge in [0.25, 0.3) is 5.78 Å². The zero-order chi connectivity index (χ0) is 6.69. The molecular formula is C6H3NO2.